The van der Waals surface area contributed by atoms with Crippen LogP contribution >= 0.6 is 0 Å². The molecule has 0 amide bonds. The Morgan fingerprint density at radius 2 is 1.96 bits per heavy atom. The van der Waals surface area contributed by atoms with Crippen molar-refractivity contribution < 1.29 is 5.11 Å². The highest BCUT2D eigenvalue weighted by Gasteiger charge is 2.30. The molecule has 0 saturated heterocycles. The number of nitrogens with zero attached hydrogens (tertiary/aromatic N) is 3. The van der Waals surface area contributed by atoms with E-state index in [-0.39, 0.29) is 6.10 Å². The van der Waals surface area contributed by atoms with Crippen LogP contribution in [-0.4, -0.2) is 39.3 Å². The van der Waals surface area contributed by atoms with Gasteiger partial charge in [0.1, 0.15) is 11.6 Å². The van der Waals surface area contributed by atoms with E-state index in [1.807, 2.05) is 32.2 Å². The molecule has 0 unspecified atom stereocenters. The fraction of sp³-hybridized carbons (Fsp3) is 0.471. The van der Waals surface area contributed by atoms with Crippen LogP contribution in [0.3, 0.4) is 0 Å². The number of aliphatic hydroxyl groups excluding tert-OH is 1. The van der Waals surface area contributed by atoms with Gasteiger partial charge in [0.05, 0.1) is 6.10 Å². The molecule has 0 radical (unpaired) electrons. The van der Waals surface area contributed by atoms with Gasteiger partial charge in [-0.2, -0.15) is 0 Å². The highest BCUT2D eigenvalue weighted by molar-refractivity contribution is 5.48. The maximum absolute atomic E-state index is 9.45. The van der Waals surface area contributed by atoms with Crippen molar-refractivity contribution in [3.8, 4) is 0 Å². The second-order valence-corrected chi connectivity index (χ2v) is 6.09. The first kappa shape index (κ1) is 15.7. The molecule has 6 nitrogen and oxygen atoms in total. The lowest BCUT2D eigenvalue weighted by Crippen LogP contribution is -2.27. The quantitative estimate of drug-likeness (QED) is 0.710. The summed E-state index contributed by atoms with van der Waals surface area (Å²) in [5.74, 6) is 1.98. The average Bonchev–Trinajstić information content (AvgIpc) is 2.49. The molecule has 6 heteroatoms. The molecular weight excluding hydrogens is 290 g/mol. The second kappa shape index (κ2) is 6.91. The van der Waals surface area contributed by atoms with Gasteiger partial charge in [-0.15, -0.1) is 0 Å². The number of aromatic nitrogens is 3. The summed E-state index contributed by atoms with van der Waals surface area (Å²) in [7, 11) is 0. The normalized spacial score (nSPS) is 20.0. The number of nitrogens with one attached hydrogen (secondary N) is 2. The van der Waals surface area contributed by atoms with Crippen LogP contribution in [-0.2, 0) is 0 Å². The van der Waals surface area contributed by atoms with Crippen molar-refractivity contribution in [3.63, 3.8) is 0 Å². The summed E-state index contributed by atoms with van der Waals surface area (Å²) in [6, 6.07) is 3.98. The number of anilines is 2. The van der Waals surface area contributed by atoms with Crippen molar-refractivity contribution in [1.29, 1.82) is 0 Å². The molecule has 23 heavy (non-hydrogen) atoms. The van der Waals surface area contributed by atoms with Gasteiger partial charge in [-0.05, 0) is 38.3 Å². The Kier molecular flexibility index (Phi) is 4.71. The molecule has 3 N–H and O–H groups in total. The smallest absolute Gasteiger partial charge is 0.129 e. The van der Waals surface area contributed by atoms with Gasteiger partial charge in [0.2, 0.25) is 0 Å². The molecule has 0 aliphatic heterocycles. The molecule has 2 heterocycles. The first-order chi connectivity index (χ1) is 11.1. The molecule has 1 saturated carbocycles. The lowest BCUT2D eigenvalue weighted by atomic mass is 9.80. The van der Waals surface area contributed by atoms with Gasteiger partial charge < -0.3 is 15.7 Å². The lowest BCUT2D eigenvalue weighted by Gasteiger charge is -2.31. The summed E-state index contributed by atoms with van der Waals surface area (Å²) in [5.41, 5.74) is 3.27. The van der Waals surface area contributed by atoms with Crippen LogP contribution in [0.4, 0.5) is 11.5 Å². The molecule has 0 aromatic carbocycles. The SMILES string of the molecule is Cc1nc(NCCNc2ccncc2C)cc(C2CC(O)C2)n1. The Labute approximate surface area is 136 Å². The number of hydrogen-bond acceptors (Lipinski definition) is 6. The first-order valence-electron chi connectivity index (χ1n) is 8.04. The molecule has 1 fully saturated rings. The summed E-state index contributed by atoms with van der Waals surface area (Å²) >= 11 is 0. The van der Waals surface area contributed by atoms with E-state index in [0.29, 0.717) is 5.92 Å². The highest BCUT2D eigenvalue weighted by atomic mass is 16.3. The van der Waals surface area contributed by atoms with Gasteiger partial charge in [0.25, 0.3) is 0 Å². The van der Waals surface area contributed by atoms with Crippen LogP contribution in [0.15, 0.2) is 24.5 Å². The maximum atomic E-state index is 9.45. The summed E-state index contributed by atoms with van der Waals surface area (Å²) < 4.78 is 0. The third-order valence-electron chi connectivity index (χ3n) is 4.16. The molecule has 0 atom stereocenters. The Morgan fingerprint density at radius 3 is 2.70 bits per heavy atom. The van der Waals surface area contributed by atoms with Gasteiger partial charge >= 0.3 is 0 Å². The van der Waals surface area contributed by atoms with Crippen molar-refractivity contribution in [2.24, 2.45) is 0 Å². The van der Waals surface area contributed by atoms with E-state index in [0.717, 1.165) is 54.5 Å². The predicted octanol–water partition coefficient (Wildman–Crippen LogP) is 2.25. The van der Waals surface area contributed by atoms with E-state index in [9.17, 15) is 5.11 Å². The number of pyridine rings is 1. The molecule has 1 aliphatic carbocycles. The maximum Gasteiger partial charge on any atom is 0.129 e. The molecular formula is C17H23N5O. The Morgan fingerprint density at radius 1 is 1.17 bits per heavy atom. The zero-order valence-electron chi connectivity index (χ0n) is 13.6. The Hall–Kier alpha value is -2.21. The third-order valence-corrected chi connectivity index (χ3v) is 4.16. The zero-order chi connectivity index (χ0) is 16.2. The van der Waals surface area contributed by atoms with Crippen molar-refractivity contribution in [1.82, 2.24) is 15.0 Å². The van der Waals surface area contributed by atoms with Gasteiger partial charge in [-0.3, -0.25) is 4.98 Å². The van der Waals surface area contributed by atoms with Crippen molar-refractivity contribution in [2.45, 2.75) is 38.7 Å². The second-order valence-electron chi connectivity index (χ2n) is 6.09. The predicted molar refractivity (Wildman–Crippen MR) is 90.7 cm³/mol. The minimum absolute atomic E-state index is 0.167. The van der Waals surface area contributed by atoms with Crippen LogP contribution < -0.4 is 10.6 Å². The molecule has 0 bridgehead atoms. The third kappa shape index (κ3) is 3.96. The van der Waals surface area contributed by atoms with Gasteiger partial charge in [-0.1, -0.05) is 0 Å². The van der Waals surface area contributed by atoms with Crippen LogP contribution in [0, 0.1) is 13.8 Å². The fourth-order valence-corrected chi connectivity index (χ4v) is 2.78. The summed E-state index contributed by atoms with van der Waals surface area (Å²) in [4.78, 5) is 13.0. The van der Waals surface area contributed by atoms with Gasteiger partial charge in [0.15, 0.2) is 0 Å². The molecule has 122 valence electrons. The van der Waals surface area contributed by atoms with Crippen molar-refractivity contribution in [3.05, 3.63) is 41.6 Å². The topological polar surface area (TPSA) is 83.0 Å². The standard InChI is InChI=1S/C17H23N5O/c1-11-10-18-4-3-15(11)19-5-6-20-17-9-16(21-12(2)22-17)13-7-14(23)8-13/h3-4,9-10,13-14,23H,5-8H2,1-2H3,(H,18,19)(H,20,21,22). The molecule has 2 aromatic heterocycles. The zero-order valence-corrected chi connectivity index (χ0v) is 13.6. The summed E-state index contributed by atoms with van der Waals surface area (Å²) in [6.07, 6.45) is 5.08. The summed E-state index contributed by atoms with van der Waals surface area (Å²) in [5, 5.41) is 16.2. The first-order valence-corrected chi connectivity index (χ1v) is 8.04. The van der Waals surface area contributed by atoms with E-state index in [4.69, 9.17) is 0 Å². The number of rotatable bonds is 6. The van der Waals surface area contributed by atoms with E-state index >= 15 is 0 Å². The number of aryl methyl sites for hydroxylation is 2. The molecule has 3 rings (SSSR count). The van der Waals surface area contributed by atoms with E-state index < -0.39 is 0 Å². The molecule has 1 aliphatic rings. The van der Waals surface area contributed by atoms with E-state index in [1.165, 1.54) is 0 Å². The average molecular weight is 313 g/mol. The summed E-state index contributed by atoms with van der Waals surface area (Å²) in [6.45, 7) is 5.51. The lowest BCUT2D eigenvalue weighted by molar-refractivity contribution is 0.0731. The number of hydrogen-bond donors (Lipinski definition) is 3. The minimum atomic E-state index is -0.167. The number of aliphatic hydroxyl groups is 1. The van der Waals surface area contributed by atoms with E-state index in [1.54, 1.807) is 6.20 Å². The van der Waals surface area contributed by atoms with Crippen molar-refractivity contribution in [2.75, 3.05) is 23.7 Å². The minimum Gasteiger partial charge on any atom is -0.393 e. The van der Waals surface area contributed by atoms with E-state index in [2.05, 4.69) is 25.6 Å². The van der Waals surface area contributed by atoms with Crippen LogP contribution in [0.1, 0.15) is 35.8 Å². The van der Waals surface area contributed by atoms with Gasteiger partial charge in [0, 0.05) is 48.8 Å². The monoisotopic (exact) mass is 313 g/mol. The highest BCUT2D eigenvalue weighted by Crippen LogP contribution is 2.36. The van der Waals surface area contributed by atoms with Crippen LogP contribution in [0.5, 0.6) is 0 Å². The Bertz CT molecular complexity index is 670. The fourth-order valence-electron chi connectivity index (χ4n) is 2.78. The van der Waals surface area contributed by atoms with Gasteiger partial charge in [-0.25, -0.2) is 9.97 Å². The Balaban J connectivity index is 1.53. The molecule has 0 spiro atoms. The van der Waals surface area contributed by atoms with Crippen molar-refractivity contribution >= 4 is 11.5 Å². The van der Waals surface area contributed by atoms with Crippen LogP contribution in [0.25, 0.3) is 0 Å². The molecule has 2 aromatic rings. The van der Waals surface area contributed by atoms with Crippen LogP contribution in [0.2, 0.25) is 0 Å². The largest absolute Gasteiger partial charge is 0.393 e.